The molecular weight excluding hydrogens is 525 g/mol. The largest absolute Gasteiger partial charge is 0.355 e. The number of hydrogen-bond acceptors (Lipinski definition) is 6. The van der Waals surface area contributed by atoms with Crippen LogP contribution < -0.4 is 10.8 Å². The number of aryl methyl sites for hydroxylation is 2. The summed E-state index contributed by atoms with van der Waals surface area (Å²) < 4.78 is 2.52. The molecule has 2 N–H and O–H groups in total. The van der Waals surface area contributed by atoms with Gasteiger partial charge in [0.05, 0.1) is 28.5 Å². The number of halogens is 1. The van der Waals surface area contributed by atoms with E-state index in [2.05, 4.69) is 38.5 Å². The topological polar surface area (TPSA) is 111 Å². The maximum atomic E-state index is 13.0. The number of aromatic nitrogens is 2. The first-order chi connectivity index (χ1) is 15.3. The van der Waals surface area contributed by atoms with Crippen molar-refractivity contribution in [2.45, 2.75) is 26.7 Å². The lowest BCUT2D eigenvalue weighted by Crippen LogP contribution is -2.26. The van der Waals surface area contributed by atoms with E-state index in [0.717, 1.165) is 27.8 Å². The van der Waals surface area contributed by atoms with E-state index in [4.69, 9.17) is 4.84 Å². The second kappa shape index (κ2) is 9.25. The van der Waals surface area contributed by atoms with Gasteiger partial charge in [-0.25, -0.2) is 10.2 Å². The molecule has 1 aliphatic carbocycles. The highest BCUT2D eigenvalue weighted by Gasteiger charge is 2.26. The number of amides is 1. The molecule has 166 valence electrons. The molecule has 4 rings (SSSR count). The molecular formula is C22H22IN5O4. The van der Waals surface area contributed by atoms with Gasteiger partial charge in [0, 0.05) is 21.0 Å². The van der Waals surface area contributed by atoms with Crippen LogP contribution in [0.5, 0.6) is 0 Å². The third-order valence-corrected chi connectivity index (χ3v) is 5.82. The molecule has 0 aliphatic heterocycles. The average molecular weight is 547 g/mol. The number of benzene rings is 2. The van der Waals surface area contributed by atoms with Gasteiger partial charge in [-0.15, -0.1) is 0 Å². The van der Waals surface area contributed by atoms with E-state index in [0.29, 0.717) is 23.9 Å². The molecule has 2 aromatic carbocycles. The van der Waals surface area contributed by atoms with Gasteiger partial charge in [-0.2, -0.15) is 5.10 Å². The van der Waals surface area contributed by atoms with Crippen LogP contribution in [-0.4, -0.2) is 27.2 Å². The fourth-order valence-corrected chi connectivity index (χ4v) is 3.67. The van der Waals surface area contributed by atoms with Crippen molar-refractivity contribution in [3.63, 3.8) is 0 Å². The minimum atomic E-state index is -0.489. The van der Waals surface area contributed by atoms with Crippen LogP contribution in [-0.2, 0) is 4.84 Å². The van der Waals surface area contributed by atoms with Crippen LogP contribution in [0.25, 0.3) is 5.69 Å². The zero-order valence-electron chi connectivity index (χ0n) is 17.6. The van der Waals surface area contributed by atoms with Crippen LogP contribution in [0.4, 0.5) is 17.1 Å². The molecule has 1 heterocycles. The normalized spacial score (nSPS) is 13.1. The zero-order chi connectivity index (χ0) is 22.8. The van der Waals surface area contributed by atoms with Gasteiger partial charge >= 0.3 is 0 Å². The lowest BCUT2D eigenvalue weighted by molar-refractivity contribution is -0.384. The Morgan fingerprint density at radius 2 is 1.97 bits per heavy atom. The fourth-order valence-electron chi connectivity index (χ4n) is 3.31. The zero-order valence-corrected chi connectivity index (χ0v) is 19.8. The number of hydroxylamine groups is 1. The second-order valence-electron chi connectivity index (χ2n) is 7.80. The quantitative estimate of drug-likeness (QED) is 0.238. The lowest BCUT2D eigenvalue weighted by atomic mass is 10.1. The van der Waals surface area contributed by atoms with Crippen molar-refractivity contribution in [3.8, 4) is 5.69 Å². The molecule has 0 bridgehead atoms. The van der Waals surface area contributed by atoms with Gasteiger partial charge in [0.15, 0.2) is 0 Å². The first-order valence-electron chi connectivity index (χ1n) is 10.1. The highest BCUT2D eigenvalue weighted by molar-refractivity contribution is 14.1. The summed E-state index contributed by atoms with van der Waals surface area (Å²) >= 11 is 2.19. The molecule has 3 aromatic rings. The minimum absolute atomic E-state index is 0.167. The lowest BCUT2D eigenvalue weighted by Gasteiger charge is -2.15. The Labute approximate surface area is 198 Å². The molecule has 0 unspecified atom stereocenters. The Morgan fingerprint density at radius 3 is 2.56 bits per heavy atom. The Bertz CT molecular complexity index is 1170. The Balaban J connectivity index is 1.77. The number of carbonyl (C=O) groups is 1. The van der Waals surface area contributed by atoms with E-state index in [1.54, 1.807) is 13.8 Å². The molecule has 10 heteroatoms. The van der Waals surface area contributed by atoms with Crippen molar-refractivity contribution in [1.82, 2.24) is 15.3 Å². The van der Waals surface area contributed by atoms with Gasteiger partial charge in [-0.1, -0.05) is 0 Å². The van der Waals surface area contributed by atoms with Crippen molar-refractivity contribution in [2.24, 2.45) is 5.92 Å². The summed E-state index contributed by atoms with van der Waals surface area (Å²) in [6, 6.07) is 12.1. The van der Waals surface area contributed by atoms with E-state index in [9.17, 15) is 14.9 Å². The van der Waals surface area contributed by atoms with Gasteiger partial charge < -0.3 is 5.32 Å². The summed E-state index contributed by atoms with van der Waals surface area (Å²) in [5, 5.41) is 19.4. The third-order valence-electron chi connectivity index (χ3n) is 5.10. The summed E-state index contributed by atoms with van der Waals surface area (Å²) in [5.74, 6) is -0.0156. The highest BCUT2D eigenvalue weighted by Crippen LogP contribution is 2.33. The van der Waals surface area contributed by atoms with Gasteiger partial charge in [-0.3, -0.25) is 19.7 Å². The highest BCUT2D eigenvalue weighted by atomic mass is 127. The number of nitro groups is 1. The van der Waals surface area contributed by atoms with Crippen LogP contribution >= 0.6 is 22.6 Å². The molecule has 1 aliphatic rings. The van der Waals surface area contributed by atoms with E-state index >= 15 is 0 Å². The molecule has 9 nitrogen and oxygen atoms in total. The molecule has 32 heavy (non-hydrogen) atoms. The van der Waals surface area contributed by atoms with E-state index in [-0.39, 0.29) is 16.9 Å². The van der Waals surface area contributed by atoms with E-state index < -0.39 is 10.8 Å². The third kappa shape index (κ3) is 5.07. The maximum absolute atomic E-state index is 13.0. The maximum Gasteiger partial charge on any atom is 0.297 e. The first kappa shape index (κ1) is 22.2. The summed E-state index contributed by atoms with van der Waals surface area (Å²) in [7, 11) is 0. The molecule has 0 atom stereocenters. The predicted molar refractivity (Wildman–Crippen MR) is 128 cm³/mol. The number of carbonyl (C=O) groups excluding carboxylic acids is 1. The van der Waals surface area contributed by atoms with Crippen LogP contribution in [0.3, 0.4) is 0 Å². The van der Waals surface area contributed by atoms with Crippen molar-refractivity contribution in [2.75, 3.05) is 11.9 Å². The van der Waals surface area contributed by atoms with Gasteiger partial charge in [0.2, 0.25) is 0 Å². The summed E-state index contributed by atoms with van der Waals surface area (Å²) in [5.41, 5.74) is 5.17. The van der Waals surface area contributed by atoms with E-state index in [1.807, 2.05) is 30.3 Å². The van der Waals surface area contributed by atoms with Crippen molar-refractivity contribution in [3.05, 3.63) is 73.1 Å². The first-order valence-corrected chi connectivity index (χ1v) is 11.2. The number of nitrogens with zero attached hydrogens (tertiary/aromatic N) is 3. The molecule has 0 saturated heterocycles. The number of nitro benzene ring substituents is 1. The Morgan fingerprint density at radius 1 is 1.25 bits per heavy atom. The number of nitrogens with one attached hydrogen (secondary N) is 2. The smallest absolute Gasteiger partial charge is 0.297 e. The van der Waals surface area contributed by atoms with Crippen molar-refractivity contribution in [1.29, 1.82) is 0 Å². The predicted octanol–water partition coefficient (Wildman–Crippen LogP) is 4.82. The monoisotopic (exact) mass is 547 g/mol. The molecule has 1 saturated carbocycles. The Hall–Kier alpha value is -2.99. The van der Waals surface area contributed by atoms with Gasteiger partial charge in [-0.05, 0) is 91.6 Å². The average Bonchev–Trinajstić information content (AvgIpc) is 3.51. The molecule has 1 fully saturated rings. The summed E-state index contributed by atoms with van der Waals surface area (Å²) in [6.45, 7) is 4.06. The molecule has 0 spiro atoms. The standard InChI is InChI=1S/C22H22IN5O4/c1-13-9-14(2)27(25-13)20-10-18(22(29)26-32-12-15-3-4-15)19(11-21(20)28(30)31)24-17-7-5-16(23)6-8-17/h5-11,15,24H,3-4,12H2,1-2H3,(H,26,29). The number of anilines is 2. The molecule has 1 aromatic heterocycles. The van der Waals surface area contributed by atoms with Gasteiger partial charge in [0.1, 0.15) is 5.69 Å². The summed E-state index contributed by atoms with van der Waals surface area (Å²) in [6.07, 6.45) is 2.18. The number of hydrogen-bond donors (Lipinski definition) is 2. The van der Waals surface area contributed by atoms with Gasteiger partial charge in [0.25, 0.3) is 11.6 Å². The van der Waals surface area contributed by atoms with Crippen LogP contribution in [0, 0.1) is 33.4 Å². The molecule has 1 amide bonds. The van der Waals surface area contributed by atoms with Crippen LogP contribution in [0.1, 0.15) is 34.6 Å². The summed E-state index contributed by atoms with van der Waals surface area (Å²) in [4.78, 5) is 29.8. The Kier molecular flexibility index (Phi) is 6.42. The van der Waals surface area contributed by atoms with Crippen LogP contribution in [0.2, 0.25) is 0 Å². The minimum Gasteiger partial charge on any atom is -0.355 e. The SMILES string of the molecule is Cc1cc(C)n(-c2cc(C(=O)NOCC3CC3)c(Nc3ccc(I)cc3)cc2[N+](=O)[O-])n1. The fraction of sp³-hybridized carbons (Fsp3) is 0.273. The van der Waals surface area contributed by atoms with Crippen molar-refractivity contribution >= 4 is 45.6 Å². The molecule has 0 radical (unpaired) electrons. The van der Waals surface area contributed by atoms with Crippen molar-refractivity contribution < 1.29 is 14.6 Å². The second-order valence-corrected chi connectivity index (χ2v) is 9.05. The van der Waals surface area contributed by atoms with E-state index in [1.165, 1.54) is 16.8 Å². The number of rotatable bonds is 8. The van der Waals surface area contributed by atoms with Crippen LogP contribution in [0.15, 0.2) is 42.5 Å².